The Balaban J connectivity index is 2.59. The SMILES string of the molecule is CC1=NNN(S)[C@H]1C. The lowest BCUT2D eigenvalue weighted by molar-refractivity contribution is 0.381. The molecule has 46 valence electrons. The van der Waals surface area contributed by atoms with Gasteiger partial charge in [-0.1, -0.05) is 12.8 Å². The molecule has 0 radical (unpaired) electrons. The van der Waals surface area contributed by atoms with Gasteiger partial charge in [-0.3, -0.25) is 0 Å². The number of nitrogens with one attached hydrogen (secondary N) is 1. The molecule has 0 fully saturated rings. The Morgan fingerprint density at radius 3 is 2.62 bits per heavy atom. The number of hydrogen-bond donors (Lipinski definition) is 2. The summed E-state index contributed by atoms with van der Waals surface area (Å²) in [5.74, 6) is 0. The molecule has 4 heteroatoms. The van der Waals surface area contributed by atoms with Crippen LogP contribution in [0.3, 0.4) is 0 Å². The van der Waals surface area contributed by atoms with E-state index in [0.29, 0.717) is 6.04 Å². The number of thiol groups is 1. The van der Waals surface area contributed by atoms with Crippen LogP contribution in [-0.4, -0.2) is 16.2 Å². The zero-order valence-electron chi connectivity index (χ0n) is 4.92. The minimum atomic E-state index is 0.318. The number of rotatable bonds is 0. The molecule has 0 saturated carbocycles. The molecule has 1 aliphatic rings. The molecule has 1 aliphatic heterocycles. The second-order valence-electron chi connectivity index (χ2n) is 1.87. The van der Waals surface area contributed by atoms with Crippen molar-refractivity contribution in [2.24, 2.45) is 5.10 Å². The third-order valence-electron chi connectivity index (χ3n) is 1.30. The van der Waals surface area contributed by atoms with E-state index in [1.54, 1.807) is 4.41 Å². The van der Waals surface area contributed by atoms with Gasteiger partial charge < -0.3 is 0 Å². The maximum atomic E-state index is 4.05. The van der Waals surface area contributed by atoms with Gasteiger partial charge in [0, 0.05) is 0 Å². The highest BCUT2D eigenvalue weighted by atomic mass is 32.1. The summed E-state index contributed by atoms with van der Waals surface area (Å²) in [7, 11) is 0. The first-order valence-corrected chi connectivity index (χ1v) is 2.90. The van der Waals surface area contributed by atoms with Gasteiger partial charge >= 0.3 is 0 Å². The highest BCUT2D eigenvalue weighted by molar-refractivity contribution is 7.77. The molecular formula is C4H9N3S. The van der Waals surface area contributed by atoms with Crippen LogP contribution in [0.25, 0.3) is 0 Å². The van der Waals surface area contributed by atoms with Crippen LogP contribution in [0.5, 0.6) is 0 Å². The van der Waals surface area contributed by atoms with Crippen LogP contribution in [0, 0.1) is 0 Å². The van der Waals surface area contributed by atoms with Gasteiger partial charge in [0.2, 0.25) is 0 Å². The van der Waals surface area contributed by atoms with Crippen molar-refractivity contribution >= 4 is 18.5 Å². The summed E-state index contributed by atoms with van der Waals surface area (Å²) in [6.07, 6.45) is 0. The van der Waals surface area contributed by atoms with Crippen molar-refractivity contribution < 1.29 is 0 Å². The molecule has 0 aromatic heterocycles. The number of hydrogen-bond acceptors (Lipinski definition) is 4. The van der Waals surface area contributed by atoms with Crippen molar-refractivity contribution in [3.05, 3.63) is 0 Å². The highest BCUT2D eigenvalue weighted by Gasteiger charge is 2.17. The molecule has 1 rings (SSSR count). The van der Waals surface area contributed by atoms with Gasteiger partial charge in [0.25, 0.3) is 0 Å². The summed E-state index contributed by atoms with van der Waals surface area (Å²) >= 11 is 4.05. The molecule has 0 unspecified atom stereocenters. The standard InChI is InChI=1S/C4H9N3S/c1-3-4(2)7(8)6-5-3/h4,6,8H,1-2H3/t4-/m0/s1. The molecule has 1 N–H and O–H groups in total. The van der Waals surface area contributed by atoms with Crippen molar-refractivity contribution in [2.75, 3.05) is 0 Å². The van der Waals surface area contributed by atoms with E-state index in [1.807, 2.05) is 13.8 Å². The van der Waals surface area contributed by atoms with Crippen LogP contribution in [0.1, 0.15) is 13.8 Å². The Bertz CT molecular complexity index is 122. The second kappa shape index (κ2) is 1.95. The number of hydrazone groups is 1. The predicted molar refractivity (Wildman–Crippen MR) is 36.5 cm³/mol. The summed E-state index contributed by atoms with van der Waals surface area (Å²) in [6.45, 7) is 4.00. The van der Waals surface area contributed by atoms with Crippen LogP contribution in [-0.2, 0) is 0 Å². The van der Waals surface area contributed by atoms with E-state index in [-0.39, 0.29) is 0 Å². The number of hydrazine groups is 1. The van der Waals surface area contributed by atoms with Gasteiger partial charge in [-0.25, -0.2) is 5.53 Å². The van der Waals surface area contributed by atoms with Crippen molar-refractivity contribution in [1.82, 2.24) is 9.95 Å². The van der Waals surface area contributed by atoms with Crippen molar-refractivity contribution in [2.45, 2.75) is 19.9 Å². The van der Waals surface area contributed by atoms with Gasteiger partial charge in [0.15, 0.2) is 0 Å². The molecule has 0 amide bonds. The van der Waals surface area contributed by atoms with E-state index in [4.69, 9.17) is 0 Å². The van der Waals surface area contributed by atoms with E-state index in [0.717, 1.165) is 5.71 Å². The fourth-order valence-electron chi connectivity index (χ4n) is 0.487. The summed E-state index contributed by atoms with van der Waals surface area (Å²) in [5.41, 5.74) is 3.77. The first kappa shape index (κ1) is 5.91. The maximum absolute atomic E-state index is 4.05. The smallest absolute Gasteiger partial charge is 0.0787 e. The highest BCUT2D eigenvalue weighted by Crippen LogP contribution is 2.05. The van der Waals surface area contributed by atoms with Crippen LogP contribution < -0.4 is 5.53 Å². The predicted octanol–water partition coefficient (Wildman–Crippen LogP) is 0.416. The molecule has 0 aromatic rings. The van der Waals surface area contributed by atoms with Crippen LogP contribution >= 0.6 is 12.8 Å². The monoisotopic (exact) mass is 131 g/mol. The van der Waals surface area contributed by atoms with E-state index < -0.39 is 0 Å². The molecular weight excluding hydrogens is 122 g/mol. The third-order valence-corrected chi connectivity index (χ3v) is 1.74. The van der Waals surface area contributed by atoms with E-state index in [1.165, 1.54) is 0 Å². The molecule has 0 spiro atoms. The minimum absolute atomic E-state index is 0.318. The van der Waals surface area contributed by atoms with E-state index in [2.05, 4.69) is 23.5 Å². The van der Waals surface area contributed by atoms with Crippen LogP contribution in [0.2, 0.25) is 0 Å². The Hall–Kier alpha value is -0.220. The van der Waals surface area contributed by atoms with Gasteiger partial charge in [-0.15, -0.1) is 4.41 Å². The Morgan fingerprint density at radius 2 is 2.50 bits per heavy atom. The summed E-state index contributed by atoms with van der Waals surface area (Å²) in [5, 5.41) is 3.91. The quantitative estimate of drug-likeness (QED) is 0.466. The van der Waals surface area contributed by atoms with Gasteiger partial charge in [0.05, 0.1) is 11.8 Å². The average Bonchev–Trinajstić information content (AvgIpc) is 1.98. The molecule has 0 bridgehead atoms. The molecule has 1 heterocycles. The molecule has 1 atom stereocenters. The number of nitrogens with zero attached hydrogens (tertiary/aromatic N) is 2. The Labute approximate surface area is 54.3 Å². The van der Waals surface area contributed by atoms with Crippen molar-refractivity contribution in [1.29, 1.82) is 0 Å². The summed E-state index contributed by atoms with van der Waals surface area (Å²) in [4.78, 5) is 0. The lowest BCUT2D eigenvalue weighted by Gasteiger charge is -2.10. The molecule has 0 saturated heterocycles. The molecule has 0 aromatic carbocycles. The van der Waals surface area contributed by atoms with Crippen LogP contribution in [0.15, 0.2) is 5.10 Å². The normalized spacial score (nSPS) is 29.9. The zero-order chi connectivity index (χ0) is 6.15. The topological polar surface area (TPSA) is 27.6 Å². The zero-order valence-corrected chi connectivity index (χ0v) is 5.81. The summed E-state index contributed by atoms with van der Waals surface area (Å²) < 4.78 is 1.66. The molecule has 0 aliphatic carbocycles. The third kappa shape index (κ3) is 0.809. The first-order chi connectivity index (χ1) is 3.72. The van der Waals surface area contributed by atoms with Gasteiger partial charge in [0.1, 0.15) is 0 Å². The lowest BCUT2D eigenvalue weighted by atomic mass is 10.2. The first-order valence-electron chi connectivity index (χ1n) is 2.50. The van der Waals surface area contributed by atoms with E-state index in [9.17, 15) is 0 Å². The molecule has 3 nitrogen and oxygen atoms in total. The van der Waals surface area contributed by atoms with Gasteiger partial charge in [-0.05, 0) is 13.8 Å². The minimum Gasteiger partial charge on any atom is -0.230 e. The fourth-order valence-corrected chi connectivity index (χ4v) is 0.699. The molecule has 8 heavy (non-hydrogen) atoms. The Kier molecular flexibility index (Phi) is 1.44. The average molecular weight is 131 g/mol. The largest absolute Gasteiger partial charge is 0.230 e. The maximum Gasteiger partial charge on any atom is 0.0787 e. The summed E-state index contributed by atoms with van der Waals surface area (Å²) in [6, 6.07) is 0.318. The second-order valence-corrected chi connectivity index (χ2v) is 2.30. The lowest BCUT2D eigenvalue weighted by Crippen LogP contribution is -2.28. The van der Waals surface area contributed by atoms with Crippen molar-refractivity contribution in [3.8, 4) is 0 Å². The fraction of sp³-hybridized carbons (Fsp3) is 0.750. The Morgan fingerprint density at radius 1 is 1.88 bits per heavy atom. The van der Waals surface area contributed by atoms with Crippen LogP contribution in [0.4, 0.5) is 0 Å². The van der Waals surface area contributed by atoms with E-state index >= 15 is 0 Å². The van der Waals surface area contributed by atoms with Crippen molar-refractivity contribution in [3.63, 3.8) is 0 Å². The van der Waals surface area contributed by atoms with Gasteiger partial charge in [-0.2, -0.15) is 5.10 Å².